The average molecular weight is 366 g/mol. The van der Waals surface area contributed by atoms with Crippen molar-refractivity contribution >= 4 is 34.3 Å². The Morgan fingerprint density at radius 3 is 2.54 bits per heavy atom. The molecule has 1 aromatic heterocycles. The first-order valence-electron chi connectivity index (χ1n) is 9.13. The minimum absolute atomic E-state index is 0.0741. The van der Waals surface area contributed by atoms with E-state index in [0.29, 0.717) is 16.5 Å². The molecule has 1 aromatic rings. The summed E-state index contributed by atoms with van der Waals surface area (Å²) >= 11 is 3.18. The largest absolute Gasteiger partial charge is 0.368 e. The lowest BCUT2D eigenvalue weighted by Gasteiger charge is -2.56. The molecule has 1 aliphatic heterocycles. The van der Waals surface area contributed by atoms with Crippen molar-refractivity contribution in [2.75, 3.05) is 11.9 Å². The molecule has 5 aliphatic rings. The first-order chi connectivity index (χ1) is 11.7. The molecule has 130 valence electrons. The Morgan fingerprint density at radius 2 is 1.92 bits per heavy atom. The van der Waals surface area contributed by atoms with E-state index in [9.17, 15) is 4.79 Å². The van der Waals surface area contributed by atoms with E-state index >= 15 is 0 Å². The summed E-state index contributed by atoms with van der Waals surface area (Å²) in [5.41, 5.74) is 0. The molecule has 1 atom stereocenters. The monoisotopic (exact) mass is 365 g/mol. The van der Waals surface area contributed by atoms with E-state index in [1.54, 1.807) is 0 Å². The highest BCUT2D eigenvalue weighted by Crippen LogP contribution is 2.61. The van der Waals surface area contributed by atoms with Gasteiger partial charge < -0.3 is 4.74 Å². The number of amides is 1. The Morgan fingerprint density at radius 1 is 1.21 bits per heavy atom. The van der Waals surface area contributed by atoms with Crippen molar-refractivity contribution in [3.63, 3.8) is 0 Å². The second kappa shape index (κ2) is 5.95. The van der Waals surface area contributed by atoms with Gasteiger partial charge in [0.05, 0.1) is 0 Å². The average Bonchev–Trinajstić information content (AvgIpc) is 3.17. The van der Waals surface area contributed by atoms with Crippen LogP contribution in [-0.2, 0) is 9.53 Å². The fourth-order valence-electron chi connectivity index (χ4n) is 5.62. The van der Waals surface area contributed by atoms with E-state index in [-0.39, 0.29) is 12.0 Å². The van der Waals surface area contributed by atoms with Gasteiger partial charge in [0.2, 0.25) is 10.3 Å². The van der Waals surface area contributed by atoms with Crippen molar-refractivity contribution < 1.29 is 9.53 Å². The third kappa shape index (κ3) is 2.88. The molecule has 0 spiro atoms. The first kappa shape index (κ1) is 15.6. The Kier molecular flexibility index (Phi) is 3.87. The Balaban J connectivity index is 1.25. The number of nitrogens with zero attached hydrogens (tertiary/aromatic N) is 2. The molecule has 24 heavy (non-hydrogen) atoms. The summed E-state index contributed by atoms with van der Waals surface area (Å²) in [7, 11) is 0. The lowest BCUT2D eigenvalue weighted by molar-refractivity contribution is -0.124. The van der Waals surface area contributed by atoms with Gasteiger partial charge >= 0.3 is 0 Å². The van der Waals surface area contributed by atoms with E-state index in [1.807, 2.05) is 11.8 Å². The fraction of sp³-hybridized carbons (Fsp3) is 0.824. The van der Waals surface area contributed by atoms with Gasteiger partial charge in [-0.2, -0.15) is 9.36 Å². The molecule has 1 amide bonds. The summed E-state index contributed by atoms with van der Waals surface area (Å²) < 4.78 is 10.3. The summed E-state index contributed by atoms with van der Waals surface area (Å²) in [6, 6.07) is 0. The van der Waals surface area contributed by atoms with Gasteiger partial charge in [0, 0.05) is 22.9 Å². The van der Waals surface area contributed by atoms with Crippen LogP contribution in [-0.4, -0.2) is 32.7 Å². The van der Waals surface area contributed by atoms with Gasteiger partial charge in [-0.3, -0.25) is 10.1 Å². The first-order valence-corrected chi connectivity index (χ1v) is 10.7. The van der Waals surface area contributed by atoms with E-state index in [4.69, 9.17) is 4.74 Å². The van der Waals surface area contributed by atoms with Crippen LogP contribution in [0, 0.1) is 17.8 Å². The predicted octanol–water partition coefficient (Wildman–Crippen LogP) is 3.72. The zero-order valence-corrected chi connectivity index (χ0v) is 15.3. The third-order valence-corrected chi connectivity index (χ3v) is 8.19. The van der Waals surface area contributed by atoms with E-state index < -0.39 is 0 Å². The van der Waals surface area contributed by atoms with Crippen molar-refractivity contribution in [2.24, 2.45) is 17.8 Å². The maximum absolute atomic E-state index is 12.1. The summed E-state index contributed by atoms with van der Waals surface area (Å²) in [4.78, 5) is 16.7. The SMILES string of the molecule is O=C(Nc1nc(SC23CC4CC(CC(C4)C2)C3)ns1)[C@@H]1CCCO1. The highest BCUT2D eigenvalue weighted by molar-refractivity contribution is 8.00. The minimum atomic E-state index is -0.312. The molecule has 1 saturated heterocycles. The Labute approximate surface area is 150 Å². The van der Waals surface area contributed by atoms with Crippen molar-refractivity contribution in [3.8, 4) is 0 Å². The van der Waals surface area contributed by atoms with Crippen LogP contribution in [0.25, 0.3) is 0 Å². The zero-order chi connectivity index (χ0) is 16.1. The number of aromatic nitrogens is 2. The third-order valence-electron chi connectivity index (χ3n) is 6.15. The number of thioether (sulfide) groups is 1. The molecule has 1 N–H and O–H groups in total. The molecular formula is C17H23N3O2S2. The minimum Gasteiger partial charge on any atom is -0.368 e. The highest BCUT2D eigenvalue weighted by atomic mass is 32.2. The Hall–Kier alpha value is -0.660. The molecule has 0 radical (unpaired) electrons. The number of nitrogens with one attached hydrogen (secondary N) is 1. The standard InChI is InChI=1S/C17H23N3O2S2/c21-14(13-2-1-3-22-13)18-15-19-16(20-24-15)23-17-7-10-4-11(8-17)6-12(5-10)9-17/h10-13H,1-9H2,(H,18,19,20,21)/t10?,11?,12?,13-,17?/m0/s1. The molecule has 0 aromatic carbocycles. The van der Waals surface area contributed by atoms with Crippen molar-refractivity contribution in [2.45, 2.75) is 67.4 Å². The van der Waals surface area contributed by atoms with E-state index in [0.717, 1.165) is 35.8 Å². The number of carbonyl (C=O) groups excluding carboxylic acids is 1. The summed E-state index contributed by atoms with van der Waals surface area (Å²) in [6.45, 7) is 0.682. The molecule has 0 unspecified atom stereocenters. The summed E-state index contributed by atoms with van der Waals surface area (Å²) in [6.07, 6.45) is 9.81. The van der Waals surface area contributed by atoms with Gasteiger partial charge in [-0.15, -0.1) is 0 Å². The zero-order valence-electron chi connectivity index (χ0n) is 13.7. The summed E-state index contributed by atoms with van der Waals surface area (Å²) in [5.74, 6) is 2.72. The molecule has 2 heterocycles. The van der Waals surface area contributed by atoms with Gasteiger partial charge in [-0.1, -0.05) is 11.8 Å². The molecule has 7 heteroatoms. The number of rotatable bonds is 4. The highest BCUT2D eigenvalue weighted by Gasteiger charge is 2.51. The molecule has 4 bridgehead atoms. The number of hydrogen-bond donors (Lipinski definition) is 1. The smallest absolute Gasteiger partial charge is 0.255 e. The van der Waals surface area contributed by atoms with Crippen LogP contribution in [0.15, 0.2) is 5.16 Å². The number of anilines is 1. The second-order valence-corrected chi connectivity index (χ2v) is 10.3. The number of ether oxygens (including phenoxy) is 1. The van der Waals surface area contributed by atoms with E-state index in [2.05, 4.69) is 14.7 Å². The van der Waals surface area contributed by atoms with Crippen LogP contribution in [0.3, 0.4) is 0 Å². The van der Waals surface area contributed by atoms with E-state index in [1.165, 1.54) is 50.1 Å². The maximum Gasteiger partial charge on any atom is 0.255 e. The molecule has 4 aliphatic carbocycles. The van der Waals surface area contributed by atoms with Gasteiger partial charge in [0.25, 0.3) is 5.91 Å². The van der Waals surface area contributed by atoms with Crippen molar-refractivity contribution in [1.82, 2.24) is 9.36 Å². The fourth-order valence-corrected chi connectivity index (χ4v) is 7.90. The normalized spacial score (nSPS) is 40.2. The number of carbonyl (C=O) groups is 1. The molecule has 5 nitrogen and oxygen atoms in total. The quantitative estimate of drug-likeness (QED) is 0.881. The van der Waals surface area contributed by atoms with Crippen molar-refractivity contribution in [3.05, 3.63) is 0 Å². The van der Waals surface area contributed by atoms with Gasteiger partial charge in [0.15, 0.2) is 0 Å². The molecular weight excluding hydrogens is 342 g/mol. The van der Waals surface area contributed by atoms with Crippen LogP contribution in [0.4, 0.5) is 5.13 Å². The Bertz CT molecular complexity index is 606. The second-order valence-electron chi connectivity index (χ2n) is 8.08. The van der Waals surface area contributed by atoms with Crippen LogP contribution >= 0.6 is 23.3 Å². The number of hydrogen-bond acceptors (Lipinski definition) is 6. The lowest BCUT2D eigenvalue weighted by atomic mass is 9.56. The van der Waals surface area contributed by atoms with Gasteiger partial charge in [-0.25, -0.2) is 0 Å². The predicted molar refractivity (Wildman–Crippen MR) is 94.3 cm³/mol. The van der Waals surface area contributed by atoms with Crippen LogP contribution in [0.2, 0.25) is 0 Å². The summed E-state index contributed by atoms with van der Waals surface area (Å²) in [5, 5.41) is 4.35. The molecule has 5 fully saturated rings. The van der Waals surface area contributed by atoms with Crippen LogP contribution < -0.4 is 5.32 Å². The van der Waals surface area contributed by atoms with Crippen molar-refractivity contribution in [1.29, 1.82) is 0 Å². The molecule has 4 saturated carbocycles. The lowest BCUT2D eigenvalue weighted by Crippen LogP contribution is -2.48. The topological polar surface area (TPSA) is 64.1 Å². The van der Waals surface area contributed by atoms with Gasteiger partial charge in [0.1, 0.15) is 6.10 Å². The van der Waals surface area contributed by atoms with Gasteiger partial charge in [-0.05, 0) is 69.1 Å². The maximum atomic E-state index is 12.1. The molecule has 6 rings (SSSR count). The van der Waals surface area contributed by atoms with Crippen LogP contribution in [0.5, 0.6) is 0 Å². The van der Waals surface area contributed by atoms with Crippen LogP contribution in [0.1, 0.15) is 51.4 Å².